The Hall–Kier alpha value is -2.88. The Morgan fingerprint density at radius 3 is 2.50 bits per heavy atom. The molecule has 4 nitrogen and oxygen atoms in total. The van der Waals surface area contributed by atoms with Crippen LogP contribution in [0.25, 0.3) is 33.0 Å². The highest BCUT2D eigenvalue weighted by Crippen LogP contribution is 2.51. The zero-order valence-corrected chi connectivity index (χ0v) is 10.3. The van der Waals surface area contributed by atoms with Gasteiger partial charge < -0.3 is 5.11 Å². The molecule has 0 fully saturated rings. The maximum atomic E-state index is 11.1. The van der Waals surface area contributed by atoms with Crippen LogP contribution >= 0.6 is 0 Å². The van der Waals surface area contributed by atoms with Gasteiger partial charge in [0.1, 0.15) is 5.75 Å². The second-order valence-electron chi connectivity index (χ2n) is 4.85. The van der Waals surface area contributed by atoms with Crippen molar-refractivity contribution in [2.75, 3.05) is 0 Å². The van der Waals surface area contributed by atoms with Crippen LogP contribution in [0.3, 0.4) is 0 Å². The predicted octanol–water partition coefficient (Wildman–Crippen LogP) is 4.10. The first-order chi connectivity index (χ1) is 9.66. The summed E-state index contributed by atoms with van der Waals surface area (Å²) in [5, 5.41) is 23.0. The maximum absolute atomic E-state index is 11.1. The molecular weight excluding hydrogens is 254 g/mol. The minimum atomic E-state index is -0.386. The molecule has 4 heteroatoms. The molecule has 1 aliphatic carbocycles. The lowest BCUT2D eigenvalue weighted by Crippen LogP contribution is -1.88. The number of hydrogen-bond acceptors (Lipinski definition) is 3. The number of hydrogen-bond donors (Lipinski definition) is 1. The molecule has 3 aromatic carbocycles. The minimum Gasteiger partial charge on any atom is -0.507 e. The van der Waals surface area contributed by atoms with Gasteiger partial charge in [-0.3, -0.25) is 10.1 Å². The summed E-state index contributed by atoms with van der Waals surface area (Å²) in [5.74, 6) is 0.203. The van der Waals surface area contributed by atoms with Crippen molar-refractivity contribution in [2.45, 2.75) is 0 Å². The Bertz CT molecular complexity index is 900. The first-order valence-corrected chi connectivity index (χ1v) is 6.21. The molecule has 1 aliphatic rings. The van der Waals surface area contributed by atoms with Gasteiger partial charge in [0.05, 0.1) is 4.92 Å². The zero-order valence-electron chi connectivity index (χ0n) is 10.3. The highest BCUT2D eigenvalue weighted by molar-refractivity contribution is 6.17. The van der Waals surface area contributed by atoms with E-state index in [-0.39, 0.29) is 16.4 Å². The monoisotopic (exact) mass is 263 g/mol. The van der Waals surface area contributed by atoms with Crippen molar-refractivity contribution in [3.8, 4) is 28.0 Å². The molecule has 0 spiro atoms. The molecule has 0 aromatic heterocycles. The molecule has 0 unspecified atom stereocenters. The number of nitrogens with zero attached hydrogens (tertiary/aromatic N) is 1. The quantitative estimate of drug-likeness (QED) is 0.415. The molecule has 0 saturated heterocycles. The zero-order chi connectivity index (χ0) is 13.9. The van der Waals surface area contributed by atoms with Gasteiger partial charge in [0.2, 0.25) is 0 Å². The lowest BCUT2D eigenvalue weighted by atomic mass is 10.0. The molecule has 0 amide bonds. The normalized spacial score (nSPS) is 11.6. The second-order valence-corrected chi connectivity index (χ2v) is 4.85. The van der Waals surface area contributed by atoms with E-state index in [4.69, 9.17) is 0 Å². The number of benzene rings is 3. The molecule has 0 heterocycles. The smallest absolute Gasteiger partial charge is 0.270 e. The number of phenols is 1. The second kappa shape index (κ2) is 3.57. The first-order valence-electron chi connectivity index (χ1n) is 6.21. The van der Waals surface area contributed by atoms with E-state index in [1.165, 1.54) is 0 Å². The molecule has 0 atom stereocenters. The molecule has 0 aliphatic heterocycles. The van der Waals surface area contributed by atoms with Gasteiger partial charge in [0, 0.05) is 17.7 Å². The third kappa shape index (κ3) is 1.25. The summed E-state index contributed by atoms with van der Waals surface area (Å²) in [5.41, 5.74) is 3.42. The lowest BCUT2D eigenvalue weighted by Gasteiger charge is -2.03. The number of non-ortho nitro benzene ring substituents is 1. The molecule has 3 aromatic rings. The summed E-state index contributed by atoms with van der Waals surface area (Å²) in [6.45, 7) is 0. The summed E-state index contributed by atoms with van der Waals surface area (Å²) >= 11 is 0. The molecule has 0 saturated carbocycles. The third-order valence-corrected chi connectivity index (χ3v) is 3.77. The molecule has 1 N–H and O–H groups in total. The molecule has 4 rings (SSSR count). The summed E-state index contributed by atoms with van der Waals surface area (Å²) in [6, 6.07) is 14.1. The first kappa shape index (κ1) is 11.0. The van der Waals surface area contributed by atoms with Gasteiger partial charge in [-0.2, -0.15) is 0 Å². The van der Waals surface area contributed by atoms with E-state index < -0.39 is 0 Å². The Balaban J connectivity index is 2.22. The van der Waals surface area contributed by atoms with Crippen LogP contribution in [0.2, 0.25) is 0 Å². The minimum absolute atomic E-state index is 0.0702. The topological polar surface area (TPSA) is 63.4 Å². The largest absolute Gasteiger partial charge is 0.507 e. The highest BCUT2D eigenvalue weighted by atomic mass is 16.6. The van der Waals surface area contributed by atoms with Gasteiger partial charge in [0.15, 0.2) is 0 Å². The van der Waals surface area contributed by atoms with Crippen LogP contribution < -0.4 is 0 Å². The van der Waals surface area contributed by atoms with Crippen molar-refractivity contribution in [3.63, 3.8) is 0 Å². The van der Waals surface area contributed by atoms with E-state index in [0.29, 0.717) is 0 Å². The lowest BCUT2D eigenvalue weighted by molar-refractivity contribution is -0.384. The van der Waals surface area contributed by atoms with Crippen LogP contribution in [0, 0.1) is 10.1 Å². The predicted molar refractivity (Wildman–Crippen MR) is 76.7 cm³/mol. The van der Waals surface area contributed by atoms with Crippen LogP contribution in [-0.4, -0.2) is 10.0 Å². The van der Waals surface area contributed by atoms with E-state index >= 15 is 0 Å². The van der Waals surface area contributed by atoms with Crippen LogP contribution in [0.4, 0.5) is 5.69 Å². The van der Waals surface area contributed by atoms with E-state index in [1.54, 1.807) is 24.3 Å². The summed E-state index contributed by atoms with van der Waals surface area (Å²) < 4.78 is 0. The van der Waals surface area contributed by atoms with Gasteiger partial charge in [-0.15, -0.1) is 0 Å². The molecule has 20 heavy (non-hydrogen) atoms. The van der Waals surface area contributed by atoms with E-state index in [9.17, 15) is 15.2 Å². The van der Waals surface area contributed by atoms with E-state index in [0.717, 1.165) is 33.0 Å². The molecule has 96 valence electrons. The molecule has 0 bridgehead atoms. The van der Waals surface area contributed by atoms with Crippen molar-refractivity contribution >= 4 is 16.5 Å². The number of rotatable bonds is 1. The van der Waals surface area contributed by atoms with Gasteiger partial charge >= 0.3 is 0 Å². The number of phenolic OH excluding ortho intramolecular Hbond substituents is 1. The van der Waals surface area contributed by atoms with Gasteiger partial charge in [0.25, 0.3) is 5.69 Å². The van der Waals surface area contributed by atoms with Crippen LogP contribution in [-0.2, 0) is 0 Å². The average Bonchev–Trinajstić information content (AvgIpc) is 2.77. The van der Waals surface area contributed by atoms with Gasteiger partial charge in [-0.1, -0.05) is 30.3 Å². The fraction of sp³-hybridized carbons (Fsp3) is 0. The van der Waals surface area contributed by atoms with E-state index in [2.05, 4.69) is 0 Å². The Morgan fingerprint density at radius 1 is 0.950 bits per heavy atom. The van der Waals surface area contributed by atoms with Crippen LogP contribution in [0.15, 0.2) is 48.5 Å². The molecular formula is C16H9NO3. The van der Waals surface area contributed by atoms with Crippen molar-refractivity contribution in [3.05, 3.63) is 58.6 Å². The van der Waals surface area contributed by atoms with Crippen molar-refractivity contribution < 1.29 is 10.0 Å². The van der Waals surface area contributed by atoms with Gasteiger partial charge in [-0.05, 0) is 33.5 Å². The average molecular weight is 263 g/mol. The summed E-state index contributed by atoms with van der Waals surface area (Å²) in [4.78, 5) is 10.7. The standard InChI is InChI=1S/C16H9NO3/c18-14-6-2-4-11-13-8-10(17(19)20)7-9-3-1-5-12(15(9)13)16(11)14/h1-8,18H. The Morgan fingerprint density at radius 2 is 1.70 bits per heavy atom. The highest BCUT2D eigenvalue weighted by Gasteiger charge is 2.25. The van der Waals surface area contributed by atoms with Crippen LogP contribution in [0.5, 0.6) is 5.75 Å². The van der Waals surface area contributed by atoms with Crippen molar-refractivity contribution in [1.82, 2.24) is 0 Å². The fourth-order valence-corrected chi connectivity index (χ4v) is 2.99. The third-order valence-electron chi connectivity index (χ3n) is 3.77. The Labute approximate surface area is 114 Å². The van der Waals surface area contributed by atoms with E-state index in [1.807, 2.05) is 24.3 Å². The molecule has 0 radical (unpaired) electrons. The SMILES string of the molecule is O=[N+]([O-])c1cc2c3c(cccc3c1)-c1c(O)cccc1-2. The Kier molecular flexibility index (Phi) is 1.96. The summed E-state index contributed by atoms with van der Waals surface area (Å²) in [7, 11) is 0. The van der Waals surface area contributed by atoms with Gasteiger partial charge in [-0.25, -0.2) is 0 Å². The number of nitro benzene ring substituents is 1. The van der Waals surface area contributed by atoms with Crippen LogP contribution in [0.1, 0.15) is 0 Å². The van der Waals surface area contributed by atoms with Crippen molar-refractivity contribution in [2.24, 2.45) is 0 Å². The fourth-order valence-electron chi connectivity index (χ4n) is 2.99. The summed E-state index contributed by atoms with van der Waals surface area (Å²) in [6.07, 6.45) is 0. The number of aromatic hydroxyl groups is 1. The van der Waals surface area contributed by atoms with Crippen molar-refractivity contribution in [1.29, 1.82) is 0 Å². The number of fused-ring (bicyclic) bond motifs is 3. The number of nitro groups is 1. The maximum Gasteiger partial charge on any atom is 0.270 e.